The Kier molecular flexibility index (Phi) is 9.68. The monoisotopic (exact) mass is 543 g/mol. The number of hydrogen-bond acceptors (Lipinski definition) is 5. The van der Waals surface area contributed by atoms with Crippen molar-refractivity contribution < 1.29 is 22.7 Å². The summed E-state index contributed by atoms with van der Waals surface area (Å²) in [7, 11) is -0.737. The van der Waals surface area contributed by atoms with E-state index in [1.54, 1.807) is 67.8 Å². The van der Waals surface area contributed by atoms with Crippen molar-refractivity contribution in [2.45, 2.75) is 19.1 Å². The zero-order valence-corrected chi connectivity index (χ0v) is 22.5. The van der Waals surface area contributed by atoms with Gasteiger partial charge in [0.25, 0.3) is 0 Å². The summed E-state index contributed by atoms with van der Waals surface area (Å²) in [6, 6.07) is 22.1. The molecule has 0 spiro atoms. The first-order chi connectivity index (χ1) is 17.6. The molecule has 196 valence electrons. The van der Waals surface area contributed by atoms with E-state index < -0.39 is 34.4 Å². The first kappa shape index (κ1) is 28.2. The minimum absolute atomic E-state index is 0.0690. The third-order valence-electron chi connectivity index (χ3n) is 5.84. The molecule has 1 atom stereocenters. The summed E-state index contributed by atoms with van der Waals surface area (Å²) in [6.45, 7) is -0.189. The fraction of sp³-hybridized carbons (Fsp3) is 0.259. The highest BCUT2D eigenvalue weighted by molar-refractivity contribution is 7.88. The summed E-state index contributed by atoms with van der Waals surface area (Å²) >= 11 is 6.26. The molecule has 8 nitrogen and oxygen atoms in total. The van der Waals surface area contributed by atoms with Gasteiger partial charge in [-0.05, 0) is 34.9 Å². The van der Waals surface area contributed by atoms with Gasteiger partial charge in [-0.25, -0.2) is 8.42 Å². The second-order valence-electron chi connectivity index (χ2n) is 8.51. The van der Waals surface area contributed by atoms with Crippen LogP contribution in [0.15, 0.2) is 78.9 Å². The lowest BCUT2D eigenvalue weighted by Gasteiger charge is -2.32. The number of ether oxygens (including phenoxy) is 1. The van der Waals surface area contributed by atoms with Crippen molar-refractivity contribution in [1.29, 1.82) is 0 Å². The summed E-state index contributed by atoms with van der Waals surface area (Å²) < 4.78 is 30.2. The van der Waals surface area contributed by atoms with Crippen LogP contribution in [0.1, 0.15) is 22.7 Å². The van der Waals surface area contributed by atoms with Crippen molar-refractivity contribution in [2.24, 2.45) is 0 Å². The molecule has 3 rings (SSSR count). The number of nitrogens with one attached hydrogen (secondary N) is 1. The van der Waals surface area contributed by atoms with Crippen molar-refractivity contribution in [3.63, 3.8) is 0 Å². The molecule has 10 heteroatoms. The molecule has 37 heavy (non-hydrogen) atoms. The molecule has 0 unspecified atom stereocenters. The number of sulfonamides is 1. The van der Waals surface area contributed by atoms with Crippen molar-refractivity contribution >= 4 is 33.4 Å². The predicted octanol–water partition coefficient (Wildman–Crippen LogP) is 3.63. The molecule has 0 saturated carbocycles. The SMILES string of the molecule is COc1ccc(CN(C(=O)CN(C)S(C)(=O)=O)[C@H](C(=O)NCc2ccccc2Cl)c2ccccc2)cc1. The van der Waals surface area contributed by atoms with E-state index >= 15 is 0 Å². The number of likely N-dealkylation sites (N-methyl/N-ethyl adjacent to an activating group) is 1. The van der Waals surface area contributed by atoms with Crippen molar-refractivity contribution in [3.8, 4) is 5.75 Å². The molecular weight excluding hydrogens is 514 g/mol. The molecule has 3 aromatic rings. The van der Waals surface area contributed by atoms with Gasteiger partial charge >= 0.3 is 0 Å². The zero-order chi connectivity index (χ0) is 27.0. The fourth-order valence-electron chi connectivity index (χ4n) is 3.68. The standard InChI is InChI=1S/C27H30ClN3O5S/c1-30(37(3,34)35)19-25(32)31(18-20-13-15-23(36-2)16-14-20)26(21-9-5-4-6-10-21)27(33)29-17-22-11-7-8-12-24(22)28/h4-16,26H,17-19H2,1-3H3,(H,29,33)/t26-/m0/s1. The number of hydrogen-bond donors (Lipinski definition) is 1. The van der Waals surface area contributed by atoms with Gasteiger partial charge in [0.1, 0.15) is 11.8 Å². The molecule has 0 bridgehead atoms. The van der Waals surface area contributed by atoms with Gasteiger partial charge in [0, 0.05) is 25.2 Å². The molecule has 0 aliphatic carbocycles. The number of amides is 2. The first-order valence-corrected chi connectivity index (χ1v) is 13.7. The molecule has 1 N–H and O–H groups in total. The van der Waals surface area contributed by atoms with Crippen LogP contribution in [0, 0.1) is 0 Å². The van der Waals surface area contributed by atoms with E-state index in [2.05, 4.69) is 5.32 Å². The molecule has 3 aromatic carbocycles. The van der Waals surface area contributed by atoms with Crippen LogP contribution >= 0.6 is 11.6 Å². The molecule has 0 aliphatic rings. The van der Waals surface area contributed by atoms with Crippen LogP contribution in [0.25, 0.3) is 0 Å². The predicted molar refractivity (Wildman–Crippen MR) is 143 cm³/mol. The average Bonchev–Trinajstić information content (AvgIpc) is 2.88. The Hall–Kier alpha value is -3.40. The van der Waals surface area contributed by atoms with Crippen LogP contribution in [-0.4, -0.2) is 56.4 Å². The quantitative estimate of drug-likeness (QED) is 0.398. The van der Waals surface area contributed by atoms with Gasteiger partial charge in [-0.1, -0.05) is 72.3 Å². The minimum atomic E-state index is -3.62. The van der Waals surface area contributed by atoms with Crippen molar-refractivity contribution in [1.82, 2.24) is 14.5 Å². The van der Waals surface area contributed by atoms with E-state index in [-0.39, 0.29) is 13.1 Å². The first-order valence-electron chi connectivity index (χ1n) is 11.5. The van der Waals surface area contributed by atoms with Crippen LogP contribution < -0.4 is 10.1 Å². The van der Waals surface area contributed by atoms with Crippen LogP contribution in [0.3, 0.4) is 0 Å². The van der Waals surface area contributed by atoms with Crippen LogP contribution in [0.4, 0.5) is 0 Å². The van der Waals surface area contributed by atoms with Gasteiger partial charge in [-0.15, -0.1) is 0 Å². The maximum absolute atomic E-state index is 13.6. The van der Waals surface area contributed by atoms with Crippen LogP contribution in [0.2, 0.25) is 5.02 Å². The van der Waals surface area contributed by atoms with Crippen LogP contribution in [-0.2, 0) is 32.7 Å². The molecule has 0 fully saturated rings. The number of halogens is 1. The number of nitrogens with zero attached hydrogens (tertiary/aromatic N) is 2. The summed E-state index contributed by atoms with van der Waals surface area (Å²) in [6.07, 6.45) is 1.03. The van der Waals surface area contributed by atoms with Gasteiger partial charge in [-0.3, -0.25) is 9.59 Å². The molecule has 0 saturated heterocycles. The number of carbonyl (C=O) groups is 2. The Labute approximate surface area is 222 Å². The van der Waals surface area contributed by atoms with Crippen LogP contribution in [0.5, 0.6) is 5.75 Å². The van der Waals surface area contributed by atoms with Crippen molar-refractivity contribution in [2.75, 3.05) is 27.0 Å². The van der Waals surface area contributed by atoms with E-state index in [1.807, 2.05) is 18.2 Å². The highest BCUT2D eigenvalue weighted by atomic mass is 35.5. The fourth-order valence-corrected chi connectivity index (χ4v) is 4.23. The van der Waals surface area contributed by atoms with Gasteiger partial charge in [0.2, 0.25) is 21.8 Å². The van der Waals surface area contributed by atoms with Gasteiger partial charge in [0.15, 0.2) is 0 Å². The van der Waals surface area contributed by atoms with Crippen molar-refractivity contribution in [3.05, 3.63) is 101 Å². The van der Waals surface area contributed by atoms with Gasteiger partial charge in [0.05, 0.1) is 19.9 Å². The summed E-state index contributed by atoms with van der Waals surface area (Å²) in [5.41, 5.74) is 2.06. The summed E-state index contributed by atoms with van der Waals surface area (Å²) in [5, 5.41) is 3.41. The summed E-state index contributed by atoms with van der Waals surface area (Å²) in [5.74, 6) is -0.295. The Bertz CT molecular complexity index is 1320. The van der Waals surface area contributed by atoms with Gasteiger partial charge in [-0.2, -0.15) is 4.31 Å². The lowest BCUT2D eigenvalue weighted by atomic mass is 10.0. The molecule has 0 aromatic heterocycles. The minimum Gasteiger partial charge on any atom is -0.497 e. The third kappa shape index (κ3) is 7.79. The Morgan fingerprint density at radius 1 is 0.973 bits per heavy atom. The Morgan fingerprint density at radius 3 is 2.19 bits per heavy atom. The van der Waals surface area contributed by atoms with E-state index in [4.69, 9.17) is 16.3 Å². The Balaban J connectivity index is 1.98. The second-order valence-corrected chi connectivity index (χ2v) is 11.0. The molecular formula is C27H30ClN3O5S. The maximum Gasteiger partial charge on any atom is 0.247 e. The third-order valence-corrected chi connectivity index (χ3v) is 7.47. The summed E-state index contributed by atoms with van der Waals surface area (Å²) in [4.78, 5) is 28.6. The number of carbonyl (C=O) groups excluding carboxylic acids is 2. The largest absolute Gasteiger partial charge is 0.497 e. The molecule has 0 heterocycles. The Morgan fingerprint density at radius 2 is 1.59 bits per heavy atom. The second kappa shape index (κ2) is 12.7. The topological polar surface area (TPSA) is 96.0 Å². The van der Waals surface area contributed by atoms with E-state index in [0.29, 0.717) is 16.3 Å². The molecule has 0 radical (unpaired) electrons. The number of methoxy groups -OCH3 is 1. The lowest BCUT2D eigenvalue weighted by molar-refractivity contribution is -0.141. The zero-order valence-electron chi connectivity index (χ0n) is 20.9. The highest BCUT2D eigenvalue weighted by Crippen LogP contribution is 2.25. The molecule has 2 amide bonds. The van der Waals surface area contributed by atoms with E-state index in [1.165, 1.54) is 11.9 Å². The normalized spacial score (nSPS) is 12.1. The number of rotatable bonds is 11. The highest BCUT2D eigenvalue weighted by Gasteiger charge is 2.33. The number of benzene rings is 3. The lowest BCUT2D eigenvalue weighted by Crippen LogP contribution is -2.47. The average molecular weight is 544 g/mol. The van der Waals surface area contributed by atoms with E-state index in [0.717, 1.165) is 21.7 Å². The van der Waals surface area contributed by atoms with Gasteiger partial charge < -0.3 is 15.0 Å². The molecule has 0 aliphatic heterocycles. The maximum atomic E-state index is 13.6. The smallest absolute Gasteiger partial charge is 0.247 e. The van der Waals surface area contributed by atoms with E-state index in [9.17, 15) is 18.0 Å².